The van der Waals surface area contributed by atoms with Crippen LogP contribution in [0, 0.1) is 41.5 Å². The average molecular weight is 989 g/mol. The van der Waals surface area contributed by atoms with Crippen molar-refractivity contribution in [2.24, 2.45) is 0 Å². The van der Waals surface area contributed by atoms with Gasteiger partial charge >= 0.3 is 0 Å². The van der Waals surface area contributed by atoms with E-state index in [9.17, 15) is 0 Å². The number of hydrogen-bond acceptors (Lipinski definition) is 8. The van der Waals surface area contributed by atoms with E-state index in [-0.39, 0.29) is 32.5 Å². The van der Waals surface area contributed by atoms with Gasteiger partial charge in [0.2, 0.25) is 0 Å². The van der Waals surface area contributed by atoms with E-state index < -0.39 is 0 Å². The highest BCUT2D eigenvalue weighted by atomic mass is 16.5. The van der Waals surface area contributed by atoms with E-state index in [1.807, 2.05) is 27.7 Å². The molecule has 4 aromatic rings. The molecule has 0 heterocycles. The van der Waals surface area contributed by atoms with E-state index in [4.69, 9.17) is 37.9 Å². The molecule has 0 saturated carbocycles. The first kappa shape index (κ1) is 55.0. The van der Waals surface area contributed by atoms with Gasteiger partial charge in [-0.3, -0.25) is 0 Å². The van der Waals surface area contributed by atoms with Crippen molar-refractivity contribution in [1.29, 1.82) is 0 Å². The molecule has 4 aliphatic carbocycles. The van der Waals surface area contributed by atoms with Gasteiger partial charge in [0.05, 0.1) is 52.9 Å². The molecule has 0 atom stereocenters. The van der Waals surface area contributed by atoms with Crippen molar-refractivity contribution < 1.29 is 37.9 Å². The first-order chi connectivity index (χ1) is 33.8. The summed E-state index contributed by atoms with van der Waals surface area (Å²) in [5.74, 6) is 7.17. The third-order valence-electron chi connectivity index (χ3n) is 16.8. The standard InChI is InChI=1S/C33H48O4.C31H44O4/c1-13-34-27-19(5)23-25(21(7)29(27)36-15-3)33(17-31(23,9)10)18-32(11,12)24-20(6)28(35-14-2)30(37-16-4)22(8)26(24)33;1-11-32-23-15-21-25(19(5)27(23)34-13-3)31(17-29(21,7)8)18-30(9,10)22-16-24(33-12-2)28(35-14-4)20(6)26(22)31/h13-18H2,1-12H3;15-16H,11-14,17-18H2,1-10H3. The number of ether oxygens (including phenoxy) is 8. The van der Waals surface area contributed by atoms with Gasteiger partial charge in [-0.25, -0.2) is 0 Å². The first-order valence-electron chi connectivity index (χ1n) is 27.6. The molecule has 4 aromatic carbocycles. The van der Waals surface area contributed by atoms with Gasteiger partial charge in [0.25, 0.3) is 0 Å². The zero-order valence-electron chi connectivity index (χ0n) is 48.9. The minimum Gasteiger partial charge on any atom is -0.490 e. The molecule has 0 aromatic heterocycles. The van der Waals surface area contributed by atoms with Crippen molar-refractivity contribution in [2.45, 2.75) is 210 Å². The SMILES string of the molecule is CCOc1c(C)c2c(c(C)c1OCC)C1(CC2(C)C)CC(C)(C)c2c(C)c(OCC)c(OCC)c(C)c21.CCOc1cc2c(c(C)c1OCC)C1(CC2(C)C)CC(C)(C)c2cc(OCC)c(OCC)c(C)c21. The quantitative estimate of drug-likeness (QED) is 0.110. The Morgan fingerprint density at radius 3 is 0.792 bits per heavy atom. The number of rotatable bonds is 16. The molecule has 0 aliphatic heterocycles. The van der Waals surface area contributed by atoms with E-state index in [1.54, 1.807) is 0 Å². The fourth-order valence-corrected chi connectivity index (χ4v) is 15.5. The summed E-state index contributed by atoms with van der Waals surface area (Å²) in [5.41, 5.74) is 18.5. The number of benzene rings is 4. The fourth-order valence-electron chi connectivity index (χ4n) is 15.5. The third-order valence-corrected chi connectivity index (χ3v) is 16.8. The van der Waals surface area contributed by atoms with Crippen LogP contribution < -0.4 is 37.9 Å². The van der Waals surface area contributed by atoms with Crippen LogP contribution in [0.3, 0.4) is 0 Å². The van der Waals surface area contributed by atoms with Crippen LogP contribution in [-0.2, 0) is 32.5 Å². The zero-order valence-corrected chi connectivity index (χ0v) is 48.9. The second-order valence-electron chi connectivity index (χ2n) is 23.7. The van der Waals surface area contributed by atoms with Crippen molar-refractivity contribution in [3.05, 3.63) is 90.0 Å². The molecule has 0 saturated heterocycles. The van der Waals surface area contributed by atoms with Crippen LogP contribution in [0.2, 0.25) is 0 Å². The molecule has 4 aliphatic rings. The topological polar surface area (TPSA) is 73.8 Å². The highest BCUT2D eigenvalue weighted by molar-refractivity contribution is 5.75. The molecule has 396 valence electrons. The van der Waals surface area contributed by atoms with Crippen LogP contribution in [0.1, 0.15) is 214 Å². The van der Waals surface area contributed by atoms with Crippen molar-refractivity contribution in [2.75, 3.05) is 52.9 Å². The lowest BCUT2D eigenvalue weighted by molar-refractivity contribution is 0.283. The van der Waals surface area contributed by atoms with Crippen molar-refractivity contribution in [1.82, 2.24) is 0 Å². The Morgan fingerprint density at radius 2 is 0.514 bits per heavy atom. The van der Waals surface area contributed by atoms with Crippen LogP contribution in [0.25, 0.3) is 0 Å². The fraction of sp³-hybridized carbons (Fsp3) is 0.625. The van der Waals surface area contributed by atoms with Crippen LogP contribution in [0.5, 0.6) is 46.0 Å². The Labute approximate surface area is 435 Å². The summed E-state index contributed by atoms with van der Waals surface area (Å²) in [5, 5.41) is 0. The van der Waals surface area contributed by atoms with Crippen molar-refractivity contribution in [3.8, 4) is 46.0 Å². The van der Waals surface area contributed by atoms with Gasteiger partial charge in [0.15, 0.2) is 46.0 Å². The van der Waals surface area contributed by atoms with Gasteiger partial charge in [-0.2, -0.15) is 0 Å². The molecule has 0 bridgehead atoms. The molecule has 0 unspecified atom stereocenters. The van der Waals surface area contributed by atoms with Crippen molar-refractivity contribution in [3.63, 3.8) is 0 Å². The molecular formula is C64H92O8. The maximum absolute atomic E-state index is 6.33. The molecule has 8 rings (SSSR count). The van der Waals surface area contributed by atoms with Crippen LogP contribution >= 0.6 is 0 Å². The van der Waals surface area contributed by atoms with E-state index in [1.165, 1.54) is 77.9 Å². The summed E-state index contributed by atoms with van der Waals surface area (Å²) in [6.45, 7) is 53.9. The predicted octanol–water partition coefficient (Wildman–Crippen LogP) is 15.7. The number of hydrogen-bond donors (Lipinski definition) is 0. The molecule has 2 spiro atoms. The first-order valence-corrected chi connectivity index (χ1v) is 27.6. The summed E-state index contributed by atoms with van der Waals surface area (Å²) in [6, 6.07) is 4.54. The molecule has 0 radical (unpaired) electrons. The summed E-state index contributed by atoms with van der Waals surface area (Å²) in [4.78, 5) is 0. The van der Waals surface area contributed by atoms with E-state index in [0.717, 1.165) is 71.7 Å². The van der Waals surface area contributed by atoms with Crippen molar-refractivity contribution >= 4 is 0 Å². The molecule has 8 heteroatoms. The Bertz CT molecular complexity index is 2530. The lowest BCUT2D eigenvalue weighted by atomic mass is 9.70. The van der Waals surface area contributed by atoms with Gasteiger partial charge in [0.1, 0.15) is 0 Å². The minimum absolute atomic E-state index is 0.00514. The normalized spacial score (nSPS) is 18.2. The van der Waals surface area contributed by atoms with Crippen LogP contribution in [0.4, 0.5) is 0 Å². The second-order valence-corrected chi connectivity index (χ2v) is 23.7. The summed E-state index contributed by atoms with van der Waals surface area (Å²) < 4.78 is 49.9. The molecular weight excluding hydrogens is 897 g/mol. The highest BCUT2D eigenvalue weighted by Gasteiger charge is 2.61. The lowest BCUT2D eigenvalue weighted by Crippen LogP contribution is -2.28. The van der Waals surface area contributed by atoms with Crippen LogP contribution in [-0.4, -0.2) is 52.9 Å². The highest BCUT2D eigenvalue weighted by Crippen LogP contribution is 2.69. The summed E-state index contributed by atoms with van der Waals surface area (Å²) in [7, 11) is 0. The smallest absolute Gasteiger partial charge is 0.164 e. The monoisotopic (exact) mass is 989 g/mol. The van der Waals surface area contributed by atoms with Gasteiger partial charge in [-0.15, -0.1) is 0 Å². The number of fused-ring (bicyclic) bond motifs is 8. The largest absolute Gasteiger partial charge is 0.490 e. The molecule has 0 amide bonds. The van der Waals surface area contributed by atoms with Gasteiger partial charge in [-0.1, -0.05) is 55.4 Å². The zero-order chi connectivity index (χ0) is 53.3. The third kappa shape index (κ3) is 8.39. The maximum Gasteiger partial charge on any atom is 0.164 e. The maximum atomic E-state index is 6.33. The Morgan fingerprint density at radius 1 is 0.292 bits per heavy atom. The van der Waals surface area contributed by atoms with Gasteiger partial charge in [0, 0.05) is 10.8 Å². The van der Waals surface area contributed by atoms with Crippen LogP contribution in [0.15, 0.2) is 12.1 Å². The van der Waals surface area contributed by atoms with Gasteiger partial charge < -0.3 is 37.9 Å². The lowest BCUT2D eigenvalue weighted by Gasteiger charge is -2.33. The van der Waals surface area contributed by atoms with Gasteiger partial charge in [-0.05, 0) is 234 Å². The second kappa shape index (κ2) is 19.9. The summed E-state index contributed by atoms with van der Waals surface area (Å²) in [6.07, 6.45) is 4.20. The van der Waals surface area contributed by atoms with E-state index >= 15 is 0 Å². The molecule has 0 N–H and O–H groups in total. The molecule has 8 nitrogen and oxygen atoms in total. The van der Waals surface area contributed by atoms with E-state index in [2.05, 4.69) is 137 Å². The molecule has 72 heavy (non-hydrogen) atoms. The van der Waals surface area contributed by atoms with E-state index in [0.29, 0.717) is 52.9 Å². The average Bonchev–Trinajstić information content (AvgIpc) is 3.86. The molecule has 0 fully saturated rings. The summed E-state index contributed by atoms with van der Waals surface area (Å²) >= 11 is 0. The Kier molecular flexibility index (Phi) is 15.2. The minimum atomic E-state index is -0.130. The Balaban J connectivity index is 0.000000212. The predicted molar refractivity (Wildman–Crippen MR) is 296 cm³/mol. The Hall–Kier alpha value is -4.72.